The molecule has 3 N–H and O–H groups in total. The van der Waals surface area contributed by atoms with Gasteiger partial charge in [-0.25, -0.2) is 0 Å². The Bertz CT molecular complexity index is 663. The zero-order valence-corrected chi connectivity index (χ0v) is 17.5. The van der Waals surface area contributed by atoms with E-state index in [-0.39, 0.29) is 5.91 Å². The molecule has 0 aromatic heterocycles. The molecule has 1 saturated carbocycles. The van der Waals surface area contributed by atoms with Crippen LogP contribution in [0, 0.1) is 5.92 Å². The van der Waals surface area contributed by atoms with Gasteiger partial charge in [0, 0.05) is 6.04 Å². The number of amides is 1. The lowest BCUT2D eigenvalue weighted by Crippen LogP contribution is -3.15. The van der Waals surface area contributed by atoms with Crippen LogP contribution in [0.1, 0.15) is 32.6 Å². The third kappa shape index (κ3) is 5.80. The van der Waals surface area contributed by atoms with Gasteiger partial charge in [-0.2, -0.15) is 0 Å². The molecule has 1 saturated heterocycles. The fourth-order valence-corrected chi connectivity index (χ4v) is 4.48. The summed E-state index contributed by atoms with van der Waals surface area (Å²) in [5, 5.41) is 7.95. The van der Waals surface area contributed by atoms with Gasteiger partial charge in [-0.3, -0.25) is 4.79 Å². The average Bonchev–Trinajstić information content (AvgIpc) is 2.66. The van der Waals surface area contributed by atoms with Gasteiger partial charge >= 0.3 is 0 Å². The maximum atomic E-state index is 12.3. The molecule has 0 unspecified atom stereocenters. The molecule has 27 heavy (non-hydrogen) atoms. The Labute approximate surface area is 172 Å². The van der Waals surface area contributed by atoms with E-state index in [0.29, 0.717) is 29.2 Å². The Hall–Kier alpha value is -1.37. The minimum Gasteiger partial charge on any atom is -0.360 e. The Balaban J connectivity index is 1.41. The van der Waals surface area contributed by atoms with Gasteiger partial charge in [0.2, 0.25) is 0 Å². The van der Waals surface area contributed by atoms with Crippen molar-refractivity contribution in [2.45, 2.75) is 38.6 Å². The highest BCUT2D eigenvalue weighted by Gasteiger charge is 2.27. The van der Waals surface area contributed by atoms with E-state index >= 15 is 0 Å². The SMILES string of the molecule is C[C@H]1CCCC[C@@H]1NC(=S)N1CC[NH+](CC(=O)Nc2ccccc2Cl)CC1. The Morgan fingerprint density at radius 3 is 2.67 bits per heavy atom. The van der Waals surface area contributed by atoms with Gasteiger partial charge < -0.3 is 20.4 Å². The van der Waals surface area contributed by atoms with Crippen LogP contribution in [-0.4, -0.2) is 54.7 Å². The quantitative estimate of drug-likeness (QED) is 0.665. The van der Waals surface area contributed by atoms with E-state index in [2.05, 4.69) is 22.5 Å². The summed E-state index contributed by atoms with van der Waals surface area (Å²) in [5.41, 5.74) is 0.675. The van der Waals surface area contributed by atoms with E-state index in [0.717, 1.165) is 31.3 Å². The summed E-state index contributed by atoms with van der Waals surface area (Å²) < 4.78 is 0. The number of nitrogens with one attached hydrogen (secondary N) is 3. The third-order valence-corrected chi connectivity index (χ3v) is 6.44. The van der Waals surface area contributed by atoms with Crippen LogP contribution >= 0.6 is 23.8 Å². The maximum Gasteiger partial charge on any atom is 0.279 e. The number of carbonyl (C=O) groups excluding carboxylic acids is 1. The minimum atomic E-state index is 0.00304. The van der Waals surface area contributed by atoms with Crippen molar-refractivity contribution in [1.29, 1.82) is 0 Å². The van der Waals surface area contributed by atoms with Crippen molar-refractivity contribution in [3.63, 3.8) is 0 Å². The van der Waals surface area contributed by atoms with Gasteiger partial charge in [0.15, 0.2) is 11.7 Å². The van der Waals surface area contributed by atoms with Gasteiger partial charge in [0.1, 0.15) is 0 Å². The second-order valence-electron chi connectivity index (χ2n) is 7.76. The topological polar surface area (TPSA) is 48.8 Å². The third-order valence-electron chi connectivity index (χ3n) is 5.74. The number of para-hydroxylation sites is 1. The summed E-state index contributed by atoms with van der Waals surface area (Å²) in [7, 11) is 0. The summed E-state index contributed by atoms with van der Waals surface area (Å²) in [5.74, 6) is 0.695. The average molecular weight is 410 g/mol. The fraction of sp³-hybridized carbons (Fsp3) is 0.600. The van der Waals surface area contributed by atoms with E-state index < -0.39 is 0 Å². The van der Waals surface area contributed by atoms with Gasteiger partial charge in [0.25, 0.3) is 5.91 Å². The molecule has 2 atom stereocenters. The molecule has 0 radical (unpaired) electrons. The van der Waals surface area contributed by atoms with Crippen LogP contribution in [-0.2, 0) is 4.79 Å². The van der Waals surface area contributed by atoms with E-state index in [4.69, 9.17) is 23.8 Å². The molecular formula is C20H30ClN4OS+. The zero-order chi connectivity index (χ0) is 19.2. The van der Waals surface area contributed by atoms with Crippen molar-refractivity contribution in [1.82, 2.24) is 10.2 Å². The molecule has 1 aromatic carbocycles. The number of nitrogens with zero attached hydrogens (tertiary/aromatic N) is 1. The molecule has 1 aromatic rings. The van der Waals surface area contributed by atoms with E-state index in [1.54, 1.807) is 6.07 Å². The van der Waals surface area contributed by atoms with Gasteiger partial charge in [-0.1, -0.05) is 43.5 Å². The molecular weight excluding hydrogens is 380 g/mol. The lowest BCUT2D eigenvalue weighted by molar-refractivity contribution is -0.895. The molecule has 2 aliphatic rings. The zero-order valence-electron chi connectivity index (χ0n) is 16.0. The summed E-state index contributed by atoms with van der Waals surface area (Å²) in [6, 6.07) is 7.84. The largest absolute Gasteiger partial charge is 0.360 e. The molecule has 0 bridgehead atoms. The Morgan fingerprint density at radius 1 is 1.26 bits per heavy atom. The molecule has 1 amide bonds. The van der Waals surface area contributed by atoms with Crippen molar-refractivity contribution in [2.24, 2.45) is 5.92 Å². The lowest BCUT2D eigenvalue weighted by Gasteiger charge is -2.37. The number of thiocarbonyl (C=S) groups is 1. The number of rotatable bonds is 4. The van der Waals surface area contributed by atoms with Crippen LogP contribution in [0.5, 0.6) is 0 Å². The van der Waals surface area contributed by atoms with Crippen molar-refractivity contribution < 1.29 is 9.69 Å². The first-order valence-corrected chi connectivity index (χ1v) is 10.7. The Kier molecular flexibility index (Phi) is 7.33. The van der Waals surface area contributed by atoms with Crippen LogP contribution in [0.15, 0.2) is 24.3 Å². The summed E-state index contributed by atoms with van der Waals surface area (Å²) in [4.78, 5) is 15.8. The summed E-state index contributed by atoms with van der Waals surface area (Å²) in [6.45, 7) is 6.39. The van der Waals surface area contributed by atoms with Crippen molar-refractivity contribution in [3.05, 3.63) is 29.3 Å². The van der Waals surface area contributed by atoms with E-state index in [1.807, 2.05) is 18.2 Å². The molecule has 1 aliphatic carbocycles. The second kappa shape index (κ2) is 9.71. The van der Waals surface area contributed by atoms with Gasteiger partial charge in [-0.05, 0) is 43.1 Å². The number of hydrogen-bond donors (Lipinski definition) is 3. The van der Waals surface area contributed by atoms with Crippen molar-refractivity contribution in [2.75, 3.05) is 38.0 Å². The van der Waals surface area contributed by atoms with Crippen LogP contribution < -0.4 is 15.5 Å². The van der Waals surface area contributed by atoms with Crippen LogP contribution in [0.3, 0.4) is 0 Å². The molecule has 0 spiro atoms. The van der Waals surface area contributed by atoms with Crippen LogP contribution in [0.25, 0.3) is 0 Å². The predicted molar refractivity (Wildman–Crippen MR) is 114 cm³/mol. The summed E-state index contributed by atoms with van der Waals surface area (Å²) in [6.07, 6.45) is 5.14. The Morgan fingerprint density at radius 2 is 1.96 bits per heavy atom. The highest BCUT2D eigenvalue weighted by molar-refractivity contribution is 7.80. The van der Waals surface area contributed by atoms with Gasteiger partial charge in [-0.15, -0.1) is 0 Å². The highest BCUT2D eigenvalue weighted by atomic mass is 35.5. The number of benzene rings is 1. The first kappa shape index (κ1) is 20.4. The molecule has 7 heteroatoms. The molecule has 3 rings (SSSR count). The fourth-order valence-electron chi connectivity index (χ4n) is 3.97. The monoisotopic (exact) mass is 409 g/mol. The smallest absolute Gasteiger partial charge is 0.279 e. The predicted octanol–water partition coefficient (Wildman–Crippen LogP) is 1.93. The normalized spacial score (nSPS) is 23.7. The summed E-state index contributed by atoms with van der Waals surface area (Å²) >= 11 is 11.8. The molecule has 1 heterocycles. The molecule has 148 valence electrons. The number of halogens is 1. The van der Waals surface area contributed by atoms with Crippen molar-refractivity contribution in [3.8, 4) is 0 Å². The van der Waals surface area contributed by atoms with Crippen molar-refractivity contribution >= 4 is 40.5 Å². The lowest BCUT2D eigenvalue weighted by atomic mass is 9.86. The number of piperazine rings is 1. The van der Waals surface area contributed by atoms with Crippen LogP contribution in [0.4, 0.5) is 5.69 Å². The van der Waals surface area contributed by atoms with E-state index in [1.165, 1.54) is 30.6 Å². The minimum absolute atomic E-state index is 0.00304. The van der Waals surface area contributed by atoms with E-state index in [9.17, 15) is 4.79 Å². The standard InChI is InChI=1S/C20H29ClN4OS/c1-15-6-2-4-8-17(15)23-20(27)25-12-10-24(11-13-25)14-19(26)22-18-9-5-3-7-16(18)21/h3,5,7,9,15,17H,2,4,6,8,10-14H2,1H3,(H,22,26)(H,23,27)/p+1/t15-,17-/m0/s1. The van der Waals surface area contributed by atoms with Gasteiger partial charge in [0.05, 0.1) is 36.9 Å². The number of carbonyl (C=O) groups is 1. The number of hydrogen-bond acceptors (Lipinski definition) is 2. The molecule has 2 fully saturated rings. The molecule has 5 nitrogen and oxygen atoms in total. The highest BCUT2D eigenvalue weighted by Crippen LogP contribution is 2.24. The molecule has 1 aliphatic heterocycles. The first-order chi connectivity index (χ1) is 13.0. The maximum absolute atomic E-state index is 12.3. The number of anilines is 1. The second-order valence-corrected chi connectivity index (χ2v) is 8.55. The number of quaternary nitrogens is 1. The first-order valence-electron chi connectivity index (χ1n) is 9.96. The van der Waals surface area contributed by atoms with Crippen LogP contribution in [0.2, 0.25) is 5.02 Å².